The molecule has 1 N–H and O–H groups in total. The molecule has 0 aliphatic heterocycles. The van der Waals surface area contributed by atoms with Crippen LogP contribution in [-0.2, 0) is 11.3 Å². The van der Waals surface area contributed by atoms with E-state index >= 15 is 0 Å². The standard InChI is InChI=1S/C14H21N3O2S/c1-10-11(2)20-13-12(10)14(18)17(9-16-13)7-4-5-15-6-8-19-3/h9,15H,4-8H2,1-3H3. The van der Waals surface area contributed by atoms with Crippen LogP contribution in [0.1, 0.15) is 16.9 Å². The average Bonchev–Trinajstić information content (AvgIpc) is 2.72. The number of nitrogens with zero attached hydrogens (tertiary/aromatic N) is 2. The molecule has 0 amide bonds. The van der Waals surface area contributed by atoms with Gasteiger partial charge in [0.05, 0.1) is 18.3 Å². The van der Waals surface area contributed by atoms with Crippen molar-refractivity contribution in [3.8, 4) is 0 Å². The van der Waals surface area contributed by atoms with Gasteiger partial charge < -0.3 is 10.1 Å². The lowest BCUT2D eigenvalue weighted by molar-refractivity contribution is 0.199. The number of ether oxygens (including phenoxy) is 1. The zero-order chi connectivity index (χ0) is 14.5. The molecule has 0 saturated heterocycles. The van der Waals surface area contributed by atoms with Crippen LogP contribution in [0, 0.1) is 13.8 Å². The average molecular weight is 295 g/mol. The molecule has 0 bridgehead atoms. The van der Waals surface area contributed by atoms with Gasteiger partial charge in [-0.25, -0.2) is 4.98 Å². The van der Waals surface area contributed by atoms with Crippen LogP contribution in [0.15, 0.2) is 11.1 Å². The van der Waals surface area contributed by atoms with Crippen LogP contribution in [0.25, 0.3) is 10.2 Å². The first kappa shape index (κ1) is 15.2. The lowest BCUT2D eigenvalue weighted by Gasteiger charge is -2.06. The number of rotatable bonds is 7. The van der Waals surface area contributed by atoms with Crippen LogP contribution in [0.3, 0.4) is 0 Å². The highest BCUT2D eigenvalue weighted by Crippen LogP contribution is 2.25. The third-order valence-corrected chi connectivity index (χ3v) is 4.51. The van der Waals surface area contributed by atoms with Crippen LogP contribution in [0.5, 0.6) is 0 Å². The van der Waals surface area contributed by atoms with Gasteiger partial charge in [-0.2, -0.15) is 0 Å². The number of aryl methyl sites for hydroxylation is 3. The van der Waals surface area contributed by atoms with E-state index in [1.165, 1.54) is 4.88 Å². The highest BCUT2D eigenvalue weighted by molar-refractivity contribution is 7.18. The summed E-state index contributed by atoms with van der Waals surface area (Å²) in [4.78, 5) is 18.8. The van der Waals surface area contributed by atoms with Gasteiger partial charge in [0.25, 0.3) is 5.56 Å². The van der Waals surface area contributed by atoms with Crippen molar-refractivity contribution >= 4 is 21.6 Å². The van der Waals surface area contributed by atoms with E-state index < -0.39 is 0 Å². The summed E-state index contributed by atoms with van der Waals surface area (Å²) in [6.45, 7) is 7.14. The predicted octanol–water partition coefficient (Wildman–Crippen LogP) is 1.70. The highest BCUT2D eigenvalue weighted by Gasteiger charge is 2.11. The molecular formula is C14H21N3O2S. The van der Waals surface area contributed by atoms with E-state index in [2.05, 4.69) is 10.3 Å². The van der Waals surface area contributed by atoms with Crippen molar-refractivity contribution < 1.29 is 4.74 Å². The van der Waals surface area contributed by atoms with Crippen molar-refractivity contribution in [3.63, 3.8) is 0 Å². The van der Waals surface area contributed by atoms with Gasteiger partial charge in [0.1, 0.15) is 4.83 Å². The molecule has 0 unspecified atom stereocenters. The van der Waals surface area contributed by atoms with E-state index in [1.54, 1.807) is 29.3 Å². The molecule has 0 aliphatic carbocycles. The van der Waals surface area contributed by atoms with E-state index in [9.17, 15) is 4.79 Å². The van der Waals surface area contributed by atoms with Gasteiger partial charge in [0.15, 0.2) is 0 Å². The molecule has 2 aromatic rings. The lowest BCUT2D eigenvalue weighted by Crippen LogP contribution is -2.25. The summed E-state index contributed by atoms with van der Waals surface area (Å²) in [5, 5.41) is 4.05. The Hall–Kier alpha value is -1.24. The zero-order valence-electron chi connectivity index (χ0n) is 12.2. The van der Waals surface area contributed by atoms with Crippen molar-refractivity contribution in [1.29, 1.82) is 0 Å². The lowest BCUT2D eigenvalue weighted by atomic mass is 10.2. The number of hydrogen-bond donors (Lipinski definition) is 1. The van der Waals surface area contributed by atoms with Crippen molar-refractivity contribution in [3.05, 3.63) is 27.1 Å². The Bertz CT molecular complexity index is 633. The van der Waals surface area contributed by atoms with Crippen LogP contribution in [0.4, 0.5) is 0 Å². The Morgan fingerprint density at radius 3 is 2.95 bits per heavy atom. The predicted molar refractivity (Wildman–Crippen MR) is 82.7 cm³/mol. The van der Waals surface area contributed by atoms with E-state index in [1.807, 2.05) is 13.8 Å². The molecule has 2 rings (SSSR count). The zero-order valence-corrected chi connectivity index (χ0v) is 13.0. The molecule has 2 aromatic heterocycles. The molecule has 2 heterocycles. The molecule has 0 aliphatic rings. The monoisotopic (exact) mass is 295 g/mol. The van der Waals surface area contributed by atoms with Crippen molar-refractivity contribution in [2.24, 2.45) is 0 Å². The fourth-order valence-electron chi connectivity index (χ4n) is 2.10. The fourth-order valence-corrected chi connectivity index (χ4v) is 3.09. The first-order valence-electron chi connectivity index (χ1n) is 6.80. The van der Waals surface area contributed by atoms with Crippen LogP contribution < -0.4 is 10.9 Å². The Kier molecular flexibility index (Phi) is 5.28. The molecule has 110 valence electrons. The second kappa shape index (κ2) is 6.97. The Labute approximate surface area is 122 Å². The third kappa shape index (κ3) is 3.26. The smallest absolute Gasteiger partial charge is 0.262 e. The van der Waals surface area contributed by atoms with Crippen LogP contribution >= 0.6 is 11.3 Å². The molecule has 0 radical (unpaired) electrons. The van der Waals surface area contributed by atoms with Gasteiger partial charge in [-0.1, -0.05) is 0 Å². The van der Waals surface area contributed by atoms with Gasteiger partial charge in [-0.05, 0) is 32.4 Å². The van der Waals surface area contributed by atoms with Crippen LogP contribution in [0.2, 0.25) is 0 Å². The Balaban J connectivity index is 2.02. The second-order valence-electron chi connectivity index (χ2n) is 4.80. The molecule has 6 heteroatoms. The number of thiophene rings is 1. The summed E-state index contributed by atoms with van der Waals surface area (Å²) in [6.07, 6.45) is 2.56. The Morgan fingerprint density at radius 2 is 2.20 bits per heavy atom. The topological polar surface area (TPSA) is 56.1 Å². The van der Waals surface area contributed by atoms with Crippen LogP contribution in [-0.4, -0.2) is 36.4 Å². The van der Waals surface area contributed by atoms with E-state index in [4.69, 9.17) is 4.74 Å². The largest absolute Gasteiger partial charge is 0.383 e. The minimum absolute atomic E-state index is 0.0775. The molecular weight excluding hydrogens is 274 g/mol. The maximum absolute atomic E-state index is 12.4. The van der Waals surface area contributed by atoms with E-state index in [-0.39, 0.29) is 5.56 Å². The summed E-state index contributed by atoms with van der Waals surface area (Å²) in [5.74, 6) is 0. The number of hydrogen-bond acceptors (Lipinski definition) is 5. The van der Waals surface area contributed by atoms with Gasteiger partial charge in [-0.3, -0.25) is 9.36 Å². The first-order valence-corrected chi connectivity index (χ1v) is 7.61. The summed E-state index contributed by atoms with van der Waals surface area (Å²) >= 11 is 1.59. The summed E-state index contributed by atoms with van der Waals surface area (Å²) in [5.41, 5.74) is 1.14. The normalized spacial score (nSPS) is 11.3. The quantitative estimate of drug-likeness (QED) is 0.790. The van der Waals surface area contributed by atoms with Crippen molar-refractivity contribution in [2.75, 3.05) is 26.8 Å². The van der Waals surface area contributed by atoms with Gasteiger partial charge in [-0.15, -0.1) is 11.3 Å². The molecule has 0 aromatic carbocycles. The molecule has 0 atom stereocenters. The summed E-state index contributed by atoms with van der Waals surface area (Å²) < 4.78 is 6.67. The van der Waals surface area contributed by atoms with Crippen molar-refractivity contribution in [2.45, 2.75) is 26.8 Å². The SMILES string of the molecule is COCCNCCCn1cnc2sc(C)c(C)c2c1=O. The summed E-state index contributed by atoms with van der Waals surface area (Å²) in [7, 11) is 1.69. The van der Waals surface area contributed by atoms with E-state index in [0.29, 0.717) is 13.2 Å². The van der Waals surface area contributed by atoms with Gasteiger partial charge in [0, 0.05) is 25.1 Å². The number of methoxy groups -OCH3 is 1. The molecule has 20 heavy (non-hydrogen) atoms. The first-order chi connectivity index (χ1) is 9.65. The Morgan fingerprint density at radius 1 is 1.40 bits per heavy atom. The van der Waals surface area contributed by atoms with Gasteiger partial charge in [0.2, 0.25) is 0 Å². The van der Waals surface area contributed by atoms with Crippen molar-refractivity contribution in [1.82, 2.24) is 14.9 Å². The maximum Gasteiger partial charge on any atom is 0.262 e. The van der Waals surface area contributed by atoms with E-state index in [0.717, 1.165) is 35.3 Å². The second-order valence-corrected chi connectivity index (χ2v) is 6.01. The number of fused-ring (bicyclic) bond motifs is 1. The minimum Gasteiger partial charge on any atom is -0.383 e. The summed E-state index contributed by atoms with van der Waals surface area (Å²) in [6, 6.07) is 0. The molecule has 0 spiro atoms. The molecule has 0 saturated carbocycles. The fraction of sp³-hybridized carbons (Fsp3) is 0.571. The number of nitrogens with one attached hydrogen (secondary N) is 1. The maximum atomic E-state index is 12.4. The number of aromatic nitrogens is 2. The minimum atomic E-state index is 0.0775. The molecule has 5 nitrogen and oxygen atoms in total. The molecule has 0 fully saturated rings. The highest BCUT2D eigenvalue weighted by atomic mass is 32.1. The third-order valence-electron chi connectivity index (χ3n) is 3.39. The van der Waals surface area contributed by atoms with Gasteiger partial charge >= 0.3 is 0 Å².